The molecule has 0 radical (unpaired) electrons. The van der Waals surface area contributed by atoms with Gasteiger partial charge in [-0.1, -0.05) is 6.92 Å². The van der Waals surface area contributed by atoms with Crippen LogP contribution in [0.5, 0.6) is 11.6 Å². The Morgan fingerprint density at radius 1 is 1.48 bits per heavy atom. The van der Waals surface area contributed by atoms with Crippen LogP contribution in [0.3, 0.4) is 0 Å². The van der Waals surface area contributed by atoms with E-state index >= 15 is 0 Å². The van der Waals surface area contributed by atoms with E-state index in [1.54, 1.807) is 23.9 Å². The number of nitrogens with zero attached hydrogens (tertiary/aromatic N) is 2. The molecule has 1 aromatic carbocycles. The highest BCUT2D eigenvalue weighted by atomic mass is 79.9. The van der Waals surface area contributed by atoms with Gasteiger partial charge >= 0.3 is 0 Å². The van der Waals surface area contributed by atoms with Crippen molar-refractivity contribution in [1.82, 2.24) is 9.78 Å². The van der Waals surface area contributed by atoms with Crippen LogP contribution in [0.15, 0.2) is 22.7 Å². The van der Waals surface area contributed by atoms with Crippen LogP contribution in [-0.2, 0) is 13.5 Å². The molecule has 0 fully saturated rings. The lowest BCUT2D eigenvalue weighted by molar-refractivity contribution is 0.420. The van der Waals surface area contributed by atoms with Gasteiger partial charge in [0.15, 0.2) is 0 Å². The molecule has 1 aromatic heterocycles. The number of hydrogen-bond donors (Lipinski definition) is 1. The highest BCUT2D eigenvalue weighted by molar-refractivity contribution is 9.10. The fraction of sp³-hybridized carbons (Fsp3) is 0.400. The van der Waals surface area contributed by atoms with Crippen molar-refractivity contribution >= 4 is 15.9 Å². The first kappa shape index (κ1) is 16.0. The van der Waals surface area contributed by atoms with Gasteiger partial charge in [-0.25, -0.2) is 9.07 Å². The van der Waals surface area contributed by atoms with Crippen LogP contribution in [0.1, 0.15) is 24.6 Å². The minimum absolute atomic E-state index is 0.0527. The molecule has 0 aliphatic heterocycles. The molecule has 114 valence electrons. The third-order valence-corrected chi connectivity index (χ3v) is 4.03. The first-order chi connectivity index (χ1) is 9.92. The van der Waals surface area contributed by atoms with Crippen LogP contribution in [-0.4, -0.2) is 15.8 Å². The molecular weight excluding hydrogens is 337 g/mol. The molecule has 0 amide bonds. The second-order valence-electron chi connectivity index (χ2n) is 5.04. The summed E-state index contributed by atoms with van der Waals surface area (Å²) in [6.45, 7) is 3.97. The van der Waals surface area contributed by atoms with Crippen LogP contribution in [0.25, 0.3) is 0 Å². The third kappa shape index (κ3) is 3.63. The number of rotatable bonds is 5. The van der Waals surface area contributed by atoms with Crippen molar-refractivity contribution in [1.29, 1.82) is 0 Å². The van der Waals surface area contributed by atoms with Crippen molar-refractivity contribution in [2.24, 2.45) is 12.8 Å². The molecule has 2 aromatic rings. The Hall–Kier alpha value is -1.40. The molecular formula is C15H19BrFN3O. The minimum Gasteiger partial charge on any atom is -0.439 e. The molecule has 0 bridgehead atoms. The lowest BCUT2D eigenvalue weighted by Gasteiger charge is -2.12. The van der Waals surface area contributed by atoms with Crippen molar-refractivity contribution in [2.75, 3.05) is 0 Å². The van der Waals surface area contributed by atoms with Gasteiger partial charge in [-0.3, -0.25) is 0 Å². The molecule has 0 saturated carbocycles. The molecule has 1 atom stereocenters. The van der Waals surface area contributed by atoms with Gasteiger partial charge in [0.2, 0.25) is 5.88 Å². The first-order valence-corrected chi connectivity index (χ1v) is 7.62. The Labute approximate surface area is 132 Å². The molecule has 0 spiro atoms. The maximum Gasteiger partial charge on any atom is 0.221 e. The number of nitrogens with two attached hydrogens (primary N) is 1. The highest BCUT2D eigenvalue weighted by Gasteiger charge is 2.18. The molecule has 0 saturated heterocycles. The van der Waals surface area contributed by atoms with Crippen LogP contribution in [0, 0.1) is 12.7 Å². The predicted molar refractivity (Wildman–Crippen MR) is 84.1 cm³/mol. The van der Waals surface area contributed by atoms with Gasteiger partial charge in [-0.2, -0.15) is 5.10 Å². The minimum atomic E-state index is -0.363. The molecule has 6 heteroatoms. The summed E-state index contributed by atoms with van der Waals surface area (Å²) in [6, 6.07) is 4.72. The fourth-order valence-electron chi connectivity index (χ4n) is 2.10. The molecule has 0 aliphatic carbocycles. The van der Waals surface area contributed by atoms with E-state index in [1.165, 1.54) is 6.07 Å². The summed E-state index contributed by atoms with van der Waals surface area (Å²) in [6.07, 6.45) is 1.56. The smallest absolute Gasteiger partial charge is 0.221 e. The normalized spacial score (nSPS) is 12.5. The van der Waals surface area contributed by atoms with E-state index in [9.17, 15) is 4.39 Å². The zero-order valence-corrected chi connectivity index (χ0v) is 13.9. The van der Waals surface area contributed by atoms with Gasteiger partial charge in [0.1, 0.15) is 11.6 Å². The Morgan fingerprint density at radius 3 is 2.81 bits per heavy atom. The summed E-state index contributed by atoms with van der Waals surface area (Å²) in [5.74, 6) is 0.682. The molecule has 21 heavy (non-hydrogen) atoms. The van der Waals surface area contributed by atoms with E-state index in [4.69, 9.17) is 10.5 Å². The monoisotopic (exact) mass is 355 g/mol. The average Bonchev–Trinajstić information content (AvgIpc) is 2.69. The lowest BCUT2D eigenvalue weighted by Crippen LogP contribution is -2.21. The van der Waals surface area contributed by atoms with E-state index in [-0.39, 0.29) is 11.9 Å². The summed E-state index contributed by atoms with van der Waals surface area (Å²) in [5, 5.41) is 4.37. The Kier molecular flexibility index (Phi) is 5.00. The van der Waals surface area contributed by atoms with Gasteiger partial charge in [0.25, 0.3) is 0 Å². The van der Waals surface area contributed by atoms with Gasteiger partial charge in [0.05, 0.1) is 10.2 Å². The van der Waals surface area contributed by atoms with Crippen molar-refractivity contribution in [3.8, 4) is 11.6 Å². The van der Waals surface area contributed by atoms with E-state index in [0.29, 0.717) is 22.5 Å². The lowest BCUT2D eigenvalue weighted by atomic mass is 10.1. The molecule has 0 aliphatic rings. The topological polar surface area (TPSA) is 53.1 Å². The second kappa shape index (κ2) is 6.58. The standard InChI is InChI=1S/C15H19BrFN3O/c1-4-10(18)7-12-9(2)19-20(3)15(12)21-11-5-6-13(16)14(17)8-11/h5-6,8,10H,4,7,18H2,1-3H3. The first-order valence-electron chi connectivity index (χ1n) is 6.83. The largest absolute Gasteiger partial charge is 0.439 e. The molecule has 1 heterocycles. The van der Waals surface area contributed by atoms with Crippen LogP contribution in [0.2, 0.25) is 0 Å². The van der Waals surface area contributed by atoms with Crippen molar-refractivity contribution in [3.05, 3.63) is 39.7 Å². The fourth-order valence-corrected chi connectivity index (χ4v) is 2.35. The summed E-state index contributed by atoms with van der Waals surface area (Å²) >= 11 is 3.13. The van der Waals surface area contributed by atoms with E-state index in [0.717, 1.165) is 17.7 Å². The van der Waals surface area contributed by atoms with E-state index < -0.39 is 0 Å². The molecule has 4 nitrogen and oxygen atoms in total. The number of hydrogen-bond acceptors (Lipinski definition) is 3. The Balaban J connectivity index is 2.32. The Morgan fingerprint density at radius 2 is 2.19 bits per heavy atom. The van der Waals surface area contributed by atoms with E-state index in [2.05, 4.69) is 21.0 Å². The van der Waals surface area contributed by atoms with Crippen molar-refractivity contribution in [3.63, 3.8) is 0 Å². The maximum absolute atomic E-state index is 13.6. The summed E-state index contributed by atoms with van der Waals surface area (Å²) in [7, 11) is 1.80. The number of aryl methyl sites for hydroxylation is 2. The van der Waals surface area contributed by atoms with Gasteiger partial charge < -0.3 is 10.5 Å². The molecule has 2 rings (SSSR count). The summed E-state index contributed by atoms with van der Waals surface area (Å²) in [4.78, 5) is 0. The van der Waals surface area contributed by atoms with Crippen LogP contribution < -0.4 is 10.5 Å². The van der Waals surface area contributed by atoms with Gasteiger partial charge in [0, 0.05) is 24.7 Å². The van der Waals surface area contributed by atoms with Crippen molar-refractivity contribution < 1.29 is 9.13 Å². The SMILES string of the molecule is CCC(N)Cc1c(C)nn(C)c1Oc1ccc(Br)c(F)c1. The Bertz CT molecular complexity index is 642. The number of aromatic nitrogens is 2. The summed E-state index contributed by atoms with van der Waals surface area (Å²) < 4.78 is 21.5. The zero-order valence-electron chi connectivity index (χ0n) is 12.4. The molecule has 2 N–H and O–H groups in total. The average molecular weight is 356 g/mol. The third-order valence-electron chi connectivity index (χ3n) is 3.39. The molecule has 1 unspecified atom stereocenters. The van der Waals surface area contributed by atoms with Gasteiger partial charge in [-0.15, -0.1) is 0 Å². The van der Waals surface area contributed by atoms with Gasteiger partial charge in [-0.05, 0) is 47.8 Å². The van der Waals surface area contributed by atoms with Crippen molar-refractivity contribution in [2.45, 2.75) is 32.7 Å². The number of halogens is 2. The second-order valence-corrected chi connectivity index (χ2v) is 5.90. The predicted octanol–water partition coefficient (Wildman–Crippen LogP) is 3.70. The van der Waals surface area contributed by atoms with Crippen LogP contribution in [0.4, 0.5) is 4.39 Å². The quantitative estimate of drug-likeness (QED) is 0.889. The highest BCUT2D eigenvalue weighted by Crippen LogP contribution is 2.30. The zero-order chi connectivity index (χ0) is 15.6. The number of ether oxygens (including phenoxy) is 1. The van der Waals surface area contributed by atoms with E-state index in [1.807, 2.05) is 13.8 Å². The number of benzene rings is 1. The summed E-state index contributed by atoms with van der Waals surface area (Å²) in [5.41, 5.74) is 7.88. The maximum atomic E-state index is 13.6. The van der Waals surface area contributed by atoms with Crippen LogP contribution >= 0.6 is 15.9 Å².